The van der Waals surface area contributed by atoms with Gasteiger partial charge in [-0.3, -0.25) is 0 Å². The van der Waals surface area contributed by atoms with Gasteiger partial charge in [0.05, 0.1) is 4.90 Å². The van der Waals surface area contributed by atoms with Crippen LogP contribution in [0.2, 0.25) is 0 Å². The maximum absolute atomic E-state index is 11.9. The van der Waals surface area contributed by atoms with E-state index in [1.165, 1.54) is 11.4 Å². The van der Waals surface area contributed by atoms with Crippen LogP contribution in [0, 0.1) is 0 Å². The zero-order valence-electron chi connectivity index (χ0n) is 10.0. The summed E-state index contributed by atoms with van der Waals surface area (Å²) in [7, 11) is -3.62. The van der Waals surface area contributed by atoms with Gasteiger partial charge < -0.3 is 5.11 Å². The number of aromatic carboxylic acids is 1. The largest absolute Gasteiger partial charge is 0.477 e. The predicted molar refractivity (Wildman–Crippen MR) is 74.1 cm³/mol. The van der Waals surface area contributed by atoms with Crippen molar-refractivity contribution in [2.24, 2.45) is 0 Å². The molecule has 18 heavy (non-hydrogen) atoms. The third kappa shape index (κ3) is 4.27. The number of rotatable bonds is 7. The summed E-state index contributed by atoms with van der Waals surface area (Å²) in [6.45, 7) is 3.79. The Hall–Kier alpha value is -0.570. The lowest BCUT2D eigenvalue weighted by molar-refractivity contribution is 0.0702. The lowest BCUT2D eigenvalue weighted by atomic mass is 10.4. The smallest absolute Gasteiger partial charge is 0.345 e. The average molecular weight is 309 g/mol. The van der Waals surface area contributed by atoms with Gasteiger partial charge in [-0.05, 0) is 18.7 Å². The second kappa shape index (κ2) is 6.55. The Bertz CT molecular complexity index is 509. The minimum atomic E-state index is -3.62. The van der Waals surface area contributed by atoms with Gasteiger partial charge in [0.15, 0.2) is 0 Å². The number of hydrogen-bond acceptors (Lipinski definition) is 5. The van der Waals surface area contributed by atoms with Crippen LogP contribution in [0.3, 0.4) is 0 Å². The third-order valence-corrected chi connectivity index (χ3v) is 5.81. The normalized spacial score (nSPS) is 13.4. The molecular formula is C10H15NO4S3. The van der Waals surface area contributed by atoms with E-state index >= 15 is 0 Å². The molecule has 2 N–H and O–H groups in total. The van der Waals surface area contributed by atoms with Gasteiger partial charge in [0.1, 0.15) is 4.88 Å². The van der Waals surface area contributed by atoms with Crippen LogP contribution >= 0.6 is 23.1 Å². The number of sulfonamides is 1. The molecule has 1 atom stereocenters. The molecule has 0 aliphatic carbocycles. The molecule has 1 aromatic heterocycles. The zero-order chi connectivity index (χ0) is 13.8. The summed E-state index contributed by atoms with van der Waals surface area (Å²) in [4.78, 5) is 10.7. The van der Waals surface area contributed by atoms with Crippen molar-refractivity contribution in [3.63, 3.8) is 0 Å². The van der Waals surface area contributed by atoms with Gasteiger partial charge in [0.25, 0.3) is 0 Å². The van der Waals surface area contributed by atoms with E-state index in [1.807, 2.05) is 6.92 Å². The molecule has 1 unspecified atom stereocenters. The molecule has 0 amide bonds. The highest BCUT2D eigenvalue weighted by Crippen LogP contribution is 2.19. The number of hydrogen-bond donors (Lipinski definition) is 2. The zero-order valence-corrected chi connectivity index (χ0v) is 12.5. The fourth-order valence-electron chi connectivity index (χ4n) is 1.23. The number of carboxylic acids is 1. The Balaban J connectivity index is 2.76. The Labute approximate surface area is 115 Å². The summed E-state index contributed by atoms with van der Waals surface area (Å²) in [5.74, 6) is 0.496. The average Bonchev–Trinajstić information content (AvgIpc) is 2.75. The Morgan fingerprint density at radius 3 is 2.78 bits per heavy atom. The van der Waals surface area contributed by atoms with Gasteiger partial charge >= 0.3 is 5.97 Å². The molecule has 0 aliphatic heterocycles. The molecule has 1 rings (SSSR count). The summed E-state index contributed by atoms with van der Waals surface area (Å²) in [5, 5.41) is 10.1. The first-order chi connectivity index (χ1) is 8.36. The first-order valence-electron chi connectivity index (χ1n) is 5.28. The molecule has 0 saturated heterocycles. The maximum atomic E-state index is 11.9. The molecule has 0 saturated carbocycles. The first-order valence-corrected chi connectivity index (χ1v) is 8.80. The predicted octanol–water partition coefficient (Wildman–Crippen LogP) is 1.87. The Kier molecular flexibility index (Phi) is 5.64. The van der Waals surface area contributed by atoms with Crippen LogP contribution in [0.5, 0.6) is 0 Å². The molecule has 0 bridgehead atoms. The highest BCUT2D eigenvalue weighted by atomic mass is 32.2. The fraction of sp³-hybridized carbons (Fsp3) is 0.500. The molecule has 8 heteroatoms. The minimum Gasteiger partial charge on any atom is -0.477 e. The lowest BCUT2D eigenvalue weighted by Gasteiger charge is -2.12. The van der Waals surface area contributed by atoms with E-state index in [9.17, 15) is 13.2 Å². The second-order valence-electron chi connectivity index (χ2n) is 3.63. The lowest BCUT2D eigenvalue weighted by Crippen LogP contribution is -2.34. The molecule has 102 valence electrons. The highest BCUT2D eigenvalue weighted by molar-refractivity contribution is 7.99. The van der Waals surface area contributed by atoms with Crippen molar-refractivity contribution < 1.29 is 18.3 Å². The maximum Gasteiger partial charge on any atom is 0.345 e. The van der Waals surface area contributed by atoms with Crippen molar-refractivity contribution in [2.45, 2.75) is 24.8 Å². The molecule has 1 aromatic rings. The van der Waals surface area contributed by atoms with Gasteiger partial charge in [-0.25, -0.2) is 17.9 Å². The van der Waals surface area contributed by atoms with Crippen LogP contribution in [-0.4, -0.2) is 37.0 Å². The Morgan fingerprint density at radius 2 is 2.28 bits per heavy atom. The van der Waals surface area contributed by atoms with Crippen molar-refractivity contribution in [1.82, 2.24) is 4.72 Å². The number of nitrogens with one attached hydrogen (secondary N) is 1. The molecule has 0 aliphatic rings. The van der Waals surface area contributed by atoms with Crippen LogP contribution in [-0.2, 0) is 10.0 Å². The van der Waals surface area contributed by atoms with Crippen molar-refractivity contribution in [1.29, 1.82) is 0 Å². The third-order valence-electron chi connectivity index (χ3n) is 2.02. The van der Waals surface area contributed by atoms with E-state index < -0.39 is 16.0 Å². The van der Waals surface area contributed by atoms with Crippen LogP contribution in [0.4, 0.5) is 0 Å². The molecular weight excluding hydrogens is 294 g/mol. The van der Waals surface area contributed by atoms with Crippen molar-refractivity contribution in [2.75, 3.05) is 11.5 Å². The van der Waals surface area contributed by atoms with Crippen molar-refractivity contribution >= 4 is 39.1 Å². The quantitative estimate of drug-likeness (QED) is 0.803. The van der Waals surface area contributed by atoms with Gasteiger partial charge in [0.2, 0.25) is 10.0 Å². The van der Waals surface area contributed by atoms with Crippen LogP contribution in [0.25, 0.3) is 0 Å². The van der Waals surface area contributed by atoms with Crippen LogP contribution in [0.15, 0.2) is 16.3 Å². The number of thioether (sulfide) groups is 1. The van der Waals surface area contributed by atoms with Crippen LogP contribution < -0.4 is 4.72 Å². The molecule has 0 fully saturated rings. The van der Waals surface area contributed by atoms with E-state index in [4.69, 9.17) is 5.11 Å². The van der Waals surface area contributed by atoms with Gasteiger partial charge in [-0.15, -0.1) is 11.3 Å². The molecule has 1 heterocycles. The van der Waals surface area contributed by atoms with Gasteiger partial charge in [0, 0.05) is 17.2 Å². The monoisotopic (exact) mass is 309 g/mol. The summed E-state index contributed by atoms with van der Waals surface area (Å²) >= 11 is 2.55. The summed E-state index contributed by atoms with van der Waals surface area (Å²) in [6, 6.07) is 0.989. The van der Waals surface area contributed by atoms with E-state index in [1.54, 1.807) is 18.7 Å². The standard InChI is InChI=1S/C10H15NO4S3/c1-3-16-5-7(2)11-18(14,15)8-4-9(10(12)13)17-6-8/h4,6-7,11H,3,5H2,1-2H3,(H,12,13). The minimum absolute atomic E-state index is 0.0123. The van der Waals surface area contributed by atoms with Gasteiger partial charge in [-0.1, -0.05) is 6.92 Å². The summed E-state index contributed by atoms with van der Waals surface area (Å²) < 4.78 is 26.4. The molecule has 0 aromatic carbocycles. The van der Waals surface area contributed by atoms with E-state index in [-0.39, 0.29) is 15.8 Å². The van der Waals surface area contributed by atoms with E-state index in [0.29, 0.717) is 5.75 Å². The topological polar surface area (TPSA) is 83.5 Å². The van der Waals surface area contributed by atoms with Crippen LogP contribution in [0.1, 0.15) is 23.5 Å². The summed E-state index contributed by atoms with van der Waals surface area (Å²) in [6.07, 6.45) is 0. The van der Waals surface area contributed by atoms with E-state index in [0.717, 1.165) is 17.1 Å². The highest BCUT2D eigenvalue weighted by Gasteiger charge is 2.20. The number of thiophene rings is 1. The summed E-state index contributed by atoms with van der Waals surface area (Å²) in [5.41, 5.74) is 0. The molecule has 5 nitrogen and oxygen atoms in total. The van der Waals surface area contributed by atoms with Crippen molar-refractivity contribution in [3.05, 3.63) is 16.3 Å². The number of carbonyl (C=O) groups is 1. The first kappa shape index (κ1) is 15.5. The van der Waals surface area contributed by atoms with Crippen molar-refractivity contribution in [3.8, 4) is 0 Å². The second-order valence-corrected chi connectivity index (χ2v) is 7.58. The van der Waals surface area contributed by atoms with Gasteiger partial charge in [-0.2, -0.15) is 11.8 Å². The fourth-order valence-corrected chi connectivity index (χ4v) is 4.37. The molecule has 0 radical (unpaired) electrons. The van der Waals surface area contributed by atoms with E-state index in [2.05, 4.69) is 4.72 Å². The number of carboxylic acid groups (broad SMARTS) is 1. The SMILES string of the molecule is CCSCC(C)NS(=O)(=O)c1csc(C(=O)O)c1. The molecule has 0 spiro atoms. The Morgan fingerprint density at radius 1 is 1.61 bits per heavy atom.